The Morgan fingerprint density at radius 1 is 0.365 bits per heavy atom. The summed E-state index contributed by atoms with van der Waals surface area (Å²) in [5.74, 6) is 0. The highest BCUT2D eigenvalue weighted by Crippen LogP contribution is 2.50. The molecule has 0 spiro atoms. The van der Waals surface area contributed by atoms with Crippen LogP contribution < -0.4 is 26.2 Å². The molecule has 13 aromatic rings. The van der Waals surface area contributed by atoms with Crippen molar-refractivity contribution in [1.29, 1.82) is 5.26 Å². The molecule has 0 aliphatic carbocycles. The average molecular weight is 1100 g/mol. The molecule has 0 atom stereocenters. The summed E-state index contributed by atoms with van der Waals surface area (Å²) in [6.07, 6.45) is 0. The largest absolute Gasteiger partial charge is 0.311 e. The van der Waals surface area contributed by atoms with Crippen LogP contribution in [0, 0.1) is 11.3 Å². The Hall–Kier alpha value is -9.83. The van der Waals surface area contributed by atoms with Crippen LogP contribution in [0.2, 0.25) is 0 Å². The van der Waals surface area contributed by atoms with Crippen molar-refractivity contribution in [3.8, 4) is 39.7 Å². The fourth-order valence-corrected chi connectivity index (χ4v) is 13.5. The van der Waals surface area contributed by atoms with E-state index in [-0.39, 0.29) is 28.5 Å². The summed E-state index contributed by atoms with van der Waals surface area (Å²) >= 11 is 0. The Bertz CT molecular complexity index is 5090. The normalized spacial score (nSPS) is 14.0. The van der Waals surface area contributed by atoms with E-state index < -0.39 is 30.3 Å². The van der Waals surface area contributed by atoms with Gasteiger partial charge in [-0.05, 0) is 163 Å². The monoisotopic (exact) mass is 1100 g/mol. The SMILES string of the molecule is [2H]c1c([2H])c([2H])c(-c2ccc3c(c2)N(c2cccc(-n4c5ccccc5c5ccccc54)c2C#N)c2cc(C(C)(C)C)cc4c2B3c2ccc(-n3c5ccc(C(C)(C)C)cc5c5cc(C(C)(C)C)ccc53)cc2N4c2cccc(-c3ccccc3)c2)c([2H])c1[2H]. The first-order chi connectivity index (χ1) is 43.1. The number of para-hydroxylation sites is 2. The predicted octanol–water partition coefficient (Wildman–Crippen LogP) is 19.1. The fraction of sp³-hybridized carbons (Fsp3) is 0.152. The maximum atomic E-state index is 12.0. The van der Waals surface area contributed by atoms with Crippen molar-refractivity contribution < 1.29 is 6.85 Å². The molecule has 0 amide bonds. The lowest BCUT2D eigenvalue weighted by Gasteiger charge is -2.45. The number of fused-ring (bicyclic) bond motifs is 10. The van der Waals surface area contributed by atoms with Gasteiger partial charge in [-0.2, -0.15) is 5.26 Å². The van der Waals surface area contributed by atoms with Gasteiger partial charge in [0.05, 0.1) is 40.3 Å². The Balaban J connectivity index is 1.06. The summed E-state index contributed by atoms with van der Waals surface area (Å²) in [5, 5.41) is 16.5. The maximum absolute atomic E-state index is 12.0. The van der Waals surface area contributed by atoms with Crippen LogP contribution in [0.3, 0.4) is 0 Å². The molecule has 4 heterocycles. The van der Waals surface area contributed by atoms with Crippen LogP contribution in [0.1, 0.15) is 91.4 Å². The van der Waals surface area contributed by atoms with Gasteiger partial charge in [-0.15, -0.1) is 0 Å². The van der Waals surface area contributed by atoms with Crippen LogP contribution in [0.15, 0.2) is 236 Å². The van der Waals surface area contributed by atoms with E-state index in [4.69, 9.17) is 4.11 Å². The molecule has 0 fully saturated rings. The molecule has 2 aliphatic heterocycles. The second-order valence-electron chi connectivity index (χ2n) is 26.2. The van der Waals surface area contributed by atoms with Crippen LogP contribution in [0.5, 0.6) is 0 Å². The molecule has 2 aliphatic rings. The molecule has 15 rings (SSSR count). The van der Waals surface area contributed by atoms with E-state index in [0.717, 1.165) is 100 Å². The standard InChI is InChI=1S/C79H66BN5/c1-77(2,3)54-35-40-70-61(44-54)62-45-55(78(4,5)6)36-41-71(62)82(70)58-37-39-65-73(48-58)83(57-27-20-26-52(42-57)50-22-12-10-13-23-50)74-46-56(79(7,8)9)47-75-76(74)80(65)64-38-34-53(51-24-14-11-15-25-51)43-72(64)85(75)69-33-21-32-68(63(69)49-81)84-66-30-18-16-28-59(66)60-29-17-19-31-67(60)84/h10-48H,1-9H3/i11D,14D,15D,24D,25D. The molecule has 0 bridgehead atoms. The second-order valence-corrected chi connectivity index (χ2v) is 26.2. The maximum Gasteiger partial charge on any atom is 0.252 e. The van der Waals surface area contributed by atoms with Crippen LogP contribution >= 0.6 is 0 Å². The molecule has 0 saturated carbocycles. The number of aromatic nitrogens is 2. The van der Waals surface area contributed by atoms with Gasteiger partial charge in [0.1, 0.15) is 11.6 Å². The third kappa shape index (κ3) is 8.27. The highest BCUT2D eigenvalue weighted by molar-refractivity contribution is 7.00. The quantitative estimate of drug-likeness (QED) is 0.156. The second kappa shape index (κ2) is 19.1. The van der Waals surface area contributed by atoms with Crippen molar-refractivity contribution in [2.45, 2.75) is 78.6 Å². The molecular weight excluding hydrogens is 1030 g/mol. The number of hydrogen-bond donors (Lipinski definition) is 0. The topological polar surface area (TPSA) is 40.1 Å². The van der Waals surface area contributed by atoms with Gasteiger partial charge in [0, 0.05) is 55.7 Å². The lowest BCUT2D eigenvalue weighted by molar-refractivity contribution is 0.590. The van der Waals surface area contributed by atoms with Gasteiger partial charge in [-0.25, -0.2) is 0 Å². The average Bonchev–Trinajstić information content (AvgIpc) is 0.816. The first-order valence-corrected chi connectivity index (χ1v) is 29.5. The molecule has 0 saturated heterocycles. The van der Waals surface area contributed by atoms with Crippen LogP contribution in [-0.2, 0) is 16.2 Å². The van der Waals surface area contributed by atoms with Gasteiger partial charge >= 0.3 is 0 Å². The Labute approximate surface area is 506 Å². The first-order valence-electron chi connectivity index (χ1n) is 32.0. The Morgan fingerprint density at radius 2 is 0.894 bits per heavy atom. The van der Waals surface area contributed by atoms with Gasteiger partial charge < -0.3 is 18.9 Å². The zero-order valence-corrected chi connectivity index (χ0v) is 49.4. The number of nitriles is 1. The van der Waals surface area contributed by atoms with Gasteiger partial charge in [-0.1, -0.05) is 208 Å². The van der Waals surface area contributed by atoms with Crippen LogP contribution in [-0.4, -0.2) is 15.8 Å². The van der Waals surface area contributed by atoms with E-state index in [1.807, 2.05) is 42.5 Å². The molecule has 5 nitrogen and oxygen atoms in total. The number of benzene rings is 11. The summed E-state index contributed by atoms with van der Waals surface area (Å²) in [4.78, 5) is 4.69. The van der Waals surface area contributed by atoms with Crippen molar-refractivity contribution >= 4 is 101 Å². The summed E-state index contributed by atoms with van der Waals surface area (Å²) in [7, 11) is 0. The zero-order valence-electron chi connectivity index (χ0n) is 54.4. The van der Waals surface area contributed by atoms with Crippen molar-refractivity contribution in [1.82, 2.24) is 9.13 Å². The smallest absolute Gasteiger partial charge is 0.252 e. The molecule has 11 aromatic carbocycles. The van der Waals surface area contributed by atoms with Crippen molar-refractivity contribution in [3.63, 3.8) is 0 Å². The summed E-state index contributed by atoms with van der Waals surface area (Å²) < 4.78 is 49.7. The van der Waals surface area contributed by atoms with E-state index in [0.29, 0.717) is 22.5 Å². The molecule has 0 unspecified atom stereocenters. The zero-order chi connectivity index (χ0) is 62.6. The van der Waals surface area contributed by atoms with Crippen LogP contribution in [0.4, 0.5) is 34.1 Å². The van der Waals surface area contributed by atoms with E-state index in [1.165, 1.54) is 21.9 Å². The van der Waals surface area contributed by atoms with E-state index in [1.54, 1.807) is 0 Å². The van der Waals surface area contributed by atoms with Crippen molar-refractivity contribution in [2.24, 2.45) is 0 Å². The molecule has 6 heteroatoms. The highest BCUT2D eigenvalue weighted by atomic mass is 15.2. The molecule has 2 aromatic heterocycles. The lowest BCUT2D eigenvalue weighted by Crippen LogP contribution is -2.61. The van der Waals surface area contributed by atoms with E-state index in [9.17, 15) is 8.00 Å². The minimum atomic E-state index is -0.452. The van der Waals surface area contributed by atoms with Crippen LogP contribution in [0.25, 0.3) is 77.2 Å². The third-order valence-electron chi connectivity index (χ3n) is 17.9. The first kappa shape index (κ1) is 46.6. The summed E-state index contributed by atoms with van der Waals surface area (Å²) in [5.41, 5.74) is 20.4. The number of rotatable bonds is 6. The van der Waals surface area contributed by atoms with E-state index >= 15 is 0 Å². The number of hydrogen-bond acceptors (Lipinski definition) is 3. The molecule has 85 heavy (non-hydrogen) atoms. The van der Waals surface area contributed by atoms with E-state index in [2.05, 4.69) is 251 Å². The highest BCUT2D eigenvalue weighted by Gasteiger charge is 2.45. The summed E-state index contributed by atoms with van der Waals surface area (Å²) in [6, 6.07) is 74.6. The van der Waals surface area contributed by atoms with Crippen molar-refractivity contribution in [3.05, 3.63) is 259 Å². The molecule has 0 N–H and O–H groups in total. The van der Waals surface area contributed by atoms with Crippen molar-refractivity contribution in [2.75, 3.05) is 9.80 Å². The minimum Gasteiger partial charge on any atom is -0.311 e. The molecular formula is C79H66BN5. The number of nitrogens with zero attached hydrogens (tertiary/aromatic N) is 5. The molecule has 410 valence electrons. The Morgan fingerprint density at radius 3 is 1.52 bits per heavy atom. The minimum absolute atomic E-state index is 0.0737. The van der Waals surface area contributed by atoms with Gasteiger partial charge in [0.25, 0.3) is 6.71 Å². The summed E-state index contributed by atoms with van der Waals surface area (Å²) in [6.45, 7) is 20.0. The third-order valence-corrected chi connectivity index (χ3v) is 17.9. The lowest BCUT2D eigenvalue weighted by atomic mass is 9.33. The van der Waals surface area contributed by atoms with Gasteiger partial charge in [-0.3, -0.25) is 0 Å². The van der Waals surface area contributed by atoms with Gasteiger partial charge in [0.15, 0.2) is 0 Å². The number of anilines is 6. The Kier molecular flexibility index (Phi) is 10.5. The molecule has 0 radical (unpaired) electrons. The fourth-order valence-electron chi connectivity index (χ4n) is 13.5. The van der Waals surface area contributed by atoms with Gasteiger partial charge in [0.2, 0.25) is 0 Å². The predicted molar refractivity (Wildman–Crippen MR) is 361 cm³/mol.